The van der Waals surface area contributed by atoms with Gasteiger partial charge in [-0.1, -0.05) is 66.4 Å². The number of benzene rings is 2. The molecule has 1 atom stereocenters. The summed E-state index contributed by atoms with van der Waals surface area (Å²) < 4.78 is 17.6. The Balaban J connectivity index is 1.53. The van der Waals surface area contributed by atoms with Crippen LogP contribution in [0.25, 0.3) is 0 Å². The standard InChI is InChI=1S/C29H27N3O6S2/c1-3-14-37-20-13-12-19(16-22(20)36-4-2)24-23(25(33)21-11-8-15-38-21)26(34)27(35)32(24)28-30-31-29(40-28)39-17-18-9-6-5-7-10-18/h5-13,15-16,24,34H,3-4,14,17H2,1-2H3. The monoisotopic (exact) mass is 577 g/mol. The third-order valence-corrected chi connectivity index (χ3v) is 8.18. The minimum absolute atomic E-state index is 0.00509. The van der Waals surface area contributed by atoms with Crippen LogP contribution in [0.3, 0.4) is 0 Å². The van der Waals surface area contributed by atoms with E-state index in [-0.39, 0.29) is 16.5 Å². The van der Waals surface area contributed by atoms with Crippen LogP contribution in [-0.2, 0) is 10.5 Å². The van der Waals surface area contributed by atoms with Gasteiger partial charge in [-0.3, -0.25) is 14.5 Å². The molecule has 5 rings (SSSR count). The van der Waals surface area contributed by atoms with Gasteiger partial charge in [0, 0.05) is 5.75 Å². The van der Waals surface area contributed by atoms with E-state index in [0.29, 0.717) is 40.4 Å². The Hall–Kier alpha value is -4.09. The third kappa shape index (κ3) is 5.61. The van der Waals surface area contributed by atoms with Crippen molar-refractivity contribution in [2.75, 3.05) is 18.1 Å². The van der Waals surface area contributed by atoms with Crippen LogP contribution in [0.4, 0.5) is 5.13 Å². The summed E-state index contributed by atoms with van der Waals surface area (Å²) in [5, 5.41) is 19.8. The van der Waals surface area contributed by atoms with E-state index in [0.717, 1.165) is 12.0 Å². The number of anilines is 1. The first-order chi connectivity index (χ1) is 19.5. The van der Waals surface area contributed by atoms with Gasteiger partial charge in [0.2, 0.25) is 10.9 Å². The first-order valence-corrected chi connectivity index (χ1v) is 14.6. The average Bonchev–Trinajstić information content (AvgIpc) is 3.73. The summed E-state index contributed by atoms with van der Waals surface area (Å²) in [5.41, 5.74) is 1.55. The molecule has 0 saturated heterocycles. The largest absolute Gasteiger partial charge is 0.503 e. The van der Waals surface area contributed by atoms with Crippen LogP contribution < -0.4 is 14.4 Å². The fourth-order valence-electron chi connectivity index (χ4n) is 4.26. The smallest absolute Gasteiger partial charge is 0.296 e. The summed E-state index contributed by atoms with van der Waals surface area (Å²) >= 11 is 2.70. The number of Topliss-reactive ketones (excluding diaryl/α,β-unsaturated/α-hetero) is 1. The summed E-state index contributed by atoms with van der Waals surface area (Å²) in [6.07, 6.45) is 2.18. The van der Waals surface area contributed by atoms with E-state index in [1.54, 1.807) is 24.3 Å². The number of thioether (sulfide) groups is 1. The Morgan fingerprint density at radius 2 is 1.90 bits per heavy atom. The highest BCUT2D eigenvalue weighted by Crippen LogP contribution is 2.45. The lowest BCUT2D eigenvalue weighted by Crippen LogP contribution is -2.31. The molecule has 2 aromatic carbocycles. The lowest BCUT2D eigenvalue weighted by molar-refractivity contribution is -0.117. The zero-order valence-electron chi connectivity index (χ0n) is 21.9. The molecule has 0 radical (unpaired) electrons. The van der Waals surface area contributed by atoms with Gasteiger partial charge in [0.15, 0.2) is 27.4 Å². The van der Waals surface area contributed by atoms with Crippen LogP contribution in [0, 0.1) is 0 Å². The molecule has 1 N–H and O–H groups in total. The molecule has 1 unspecified atom stereocenters. The zero-order chi connectivity index (χ0) is 28.1. The quantitative estimate of drug-likeness (QED) is 0.116. The molecule has 0 aliphatic carbocycles. The molecule has 0 spiro atoms. The first kappa shape index (κ1) is 27.5. The molecule has 0 fully saturated rings. The number of furan rings is 1. The topological polar surface area (TPSA) is 115 Å². The fraction of sp³-hybridized carbons (Fsp3) is 0.241. The van der Waals surface area contributed by atoms with Crippen molar-refractivity contribution in [3.63, 3.8) is 0 Å². The summed E-state index contributed by atoms with van der Waals surface area (Å²) in [6, 6.07) is 17.2. The molecule has 2 aromatic heterocycles. The number of ketones is 1. The van der Waals surface area contributed by atoms with E-state index in [1.165, 1.54) is 40.3 Å². The predicted octanol–water partition coefficient (Wildman–Crippen LogP) is 6.39. The lowest BCUT2D eigenvalue weighted by atomic mass is 9.95. The molecule has 1 aliphatic rings. The number of aromatic nitrogens is 2. The molecule has 4 aromatic rings. The Bertz CT molecular complexity index is 1520. The number of nitrogens with zero attached hydrogens (tertiary/aromatic N) is 3. The first-order valence-electron chi connectivity index (χ1n) is 12.8. The minimum atomic E-state index is -0.996. The SMILES string of the molecule is CCCOc1ccc(C2C(C(=O)c3ccco3)=C(O)C(=O)N2c2nnc(SCc3ccccc3)s2)cc1OCC. The fourth-order valence-corrected chi connectivity index (χ4v) is 6.09. The minimum Gasteiger partial charge on any atom is -0.503 e. The van der Waals surface area contributed by atoms with Crippen LogP contribution >= 0.6 is 23.1 Å². The van der Waals surface area contributed by atoms with Gasteiger partial charge in [-0.15, -0.1) is 10.2 Å². The van der Waals surface area contributed by atoms with Crippen molar-refractivity contribution >= 4 is 39.9 Å². The Kier molecular flexibility index (Phi) is 8.51. The number of carbonyl (C=O) groups excluding carboxylic acids is 2. The average molecular weight is 578 g/mol. The van der Waals surface area contributed by atoms with Gasteiger partial charge < -0.3 is 19.0 Å². The van der Waals surface area contributed by atoms with Crippen molar-refractivity contribution < 1.29 is 28.6 Å². The molecule has 1 amide bonds. The van der Waals surface area contributed by atoms with E-state index < -0.39 is 23.5 Å². The van der Waals surface area contributed by atoms with Gasteiger partial charge in [-0.2, -0.15) is 0 Å². The van der Waals surface area contributed by atoms with E-state index in [1.807, 2.05) is 44.2 Å². The number of amides is 1. The Morgan fingerprint density at radius 1 is 1.07 bits per heavy atom. The Morgan fingerprint density at radius 3 is 2.62 bits per heavy atom. The highest BCUT2D eigenvalue weighted by Gasteiger charge is 2.47. The van der Waals surface area contributed by atoms with Gasteiger partial charge in [0.25, 0.3) is 5.91 Å². The van der Waals surface area contributed by atoms with Gasteiger partial charge in [-0.25, -0.2) is 0 Å². The van der Waals surface area contributed by atoms with Crippen molar-refractivity contribution in [1.29, 1.82) is 0 Å². The number of ether oxygens (including phenoxy) is 2. The van der Waals surface area contributed by atoms with E-state index in [2.05, 4.69) is 10.2 Å². The number of carbonyl (C=O) groups is 2. The van der Waals surface area contributed by atoms with Crippen LogP contribution in [0.2, 0.25) is 0 Å². The second-order valence-corrected chi connectivity index (χ2v) is 10.9. The molecular weight excluding hydrogens is 550 g/mol. The summed E-state index contributed by atoms with van der Waals surface area (Å²) in [6.45, 7) is 4.75. The normalized spacial score (nSPS) is 15.1. The van der Waals surface area contributed by atoms with Gasteiger partial charge in [-0.05, 0) is 48.7 Å². The van der Waals surface area contributed by atoms with Gasteiger partial charge in [0.1, 0.15) is 0 Å². The van der Waals surface area contributed by atoms with Crippen molar-refractivity contribution in [2.24, 2.45) is 0 Å². The van der Waals surface area contributed by atoms with Gasteiger partial charge >= 0.3 is 0 Å². The van der Waals surface area contributed by atoms with Crippen LogP contribution in [0.15, 0.2) is 87.0 Å². The number of rotatable bonds is 12. The maximum atomic E-state index is 13.5. The number of aliphatic hydroxyl groups is 1. The third-order valence-electron chi connectivity index (χ3n) is 6.05. The van der Waals surface area contributed by atoms with E-state index in [4.69, 9.17) is 13.9 Å². The van der Waals surface area contributed by atoms with Gasteiger partial charge in [0.05, 0.1) is 31.1 Å². The second-order valence-electron chi connectivity index (χ2n) is 8.76. The molecule has 0 saturated carbocycles. The molecule has 40 heavy (non-hydrogen) atoms. The lowest BCUT2D eigenvalue weighted by Gasteiger charge is -2.24. The summed E-state index contributed by atoms with van der Waals surface area (Å²) in [5.74, 6) is -0.319. The molecule has 11 heteroatoms. The van der Waals surface area contributed by atoms with Crippen molar-refractivity contribution in [3.8, 4) is 11.5 Å². The van der Waals surface area contributed by atoms with E-state index in [9.17, 15) is 14.7 Å². The summed E-state index contributed by atoms with van der Waals surface area (Å²) in [4.78, 5) is 28.3. The summed E-state index contributed by atoms with van der Waals surface area (Å²) in [7, 11) is 0. The second kappa shape index (κ2) is 12.4. The van der Waals surface area contributed by atoms with Crippen LogP contribution in [0.1, 0.15) is 48.0 Å². The molecular formula is C29H27N3O6S2. The van der Waals surface area contributed by atoms with Crippen molar-refractivity contribution in [1.82, 2.24) is 10.2 Å². The molecule has 0 bridgehead atoms. The predicted molar refractivity (Wildman–Crippen MR) is 152 cm³/mol. The molecule has 206 valence electrons. The molecule has 1 aliphatic heterocycles. The Labute approximate surface area is 239 Å². The number of hydrogen-bond donors (Lipinski definition) is 1. The van der Waals surface area contributed by atoms with Crippen molar-refractivity contribution in [2.45, 2.75) is 36.4 Å². The highest BCUT2D eigenvalue weighted by molar-refractivity contribution is 8.00. The van der Waals surface area contributed by atoms with E-state index >= 15 is 0 Å². The maximum absolute atomic E-state index is 13.5. The van der Waals surface area contributed by atoms with Crippen LogP contribution in [-0.4, -0.2) is 40.2 Å². The molecule has 9 nitrogen and oxygen atoms in total. The van der Waals surface area contributed by atoms with Crippen LogP contribution in [0.5, 0.6) is 11.5 Å². The van der Waals surface area contributed by atoms with Crippen molar-refractivity contribution in [3.05, 3.63) is 95.1 Å². The molecule has 3 heterocycles. The zero-order valence-corrected chi connectivity index (χ0v) is 23.5. The maximum Gasteiger partial charge on any atom is 0.296 e. The number of hydrogen-bond acceptors (Lipinski definition) is 10. The highest BCUT2D eigenvalue weighted by atomic mass is 32.2. The number of aliphatic hydroxyl groups excluding tert-OH is 1.